The Kier molecular flexibility index (Phi) is 3.31. The van der Waals surface area contributed by atoms with E-state index in [1.807, 2.05) is 11.6 Å². The van der Waals surface area contributed by atoms with Crippen LogP contribution in [0.1, 0.15) is 9.88 Å². The lowest BCUT2D eigenvalue weighted by Crippen LogP contribution is -2.08. The van der Waals surface area contributed by atoms with Crippen molar-refractivity contribution < 1.29 is 0 Å². The Balaban J connectivity index is 1.79. The van der Waals surface area contributed by atoms with Crippen molar-refractivity contribution in [2.45, 2.75) is 13.3 Å². The number of thiazole rings is 1. The molecular formula is C12H13N5S2. The zero-order chi connectivity index (χ0) is 13.2. The highest BCUT2D eigenvalue weighted by atomic mass is 32.1. The molecule has 3 aromatic heterocycles. The highest BCUT2D eigenvalue weighted by molar-refractivity contribution is 7.18. The molecule has 3 heterocycles. The van der Waals surface area contributed by atoms with Crippen molar-refractivity contribution in [1.29, 1.82) is 0 Å². The van der Waals surface area contributed by atoms with Crippen LogP contribution < -0.4 is 11.1 Å². The molecule has 0 unspecified atom stereocenters. The van der Waals surface area contributed by atoms with Crippen LogP contribution in [0, 0.1) is 6.92 Å². The zero-order valence-corrected chi connectivity index (χ0v) is 12.0. The second-order valence-electron chi connectivity index (χ2n) is 4.11. The number of nitrogens with one attached hydrogen (secondary N) is 1. The molecule has 98 valence electrons. The van der Waals surface area contributed by atoms with Gasteiger partial charge in [0, 0.05) is 29.4 Å². The number of anilines is 2. The summed E-state index contributed by atoms with van der Waals surface area (Å²) in [5.74, 6) is 1.12. The average molecular weight is 291 g/mol. The molecule has 0 spiro atoms. The Bertz CT molecular complexity index is 690. The molecule has 0 saturated carbocycles. The van der Waals surface area contributed by atoms with Crippen molar-refractivity contribution >= 4 is 44.7 Å². The molecule has 5 nitrogen and oxygen atoms in total. The van der Waals surface area contributed by atoms with E-state index < -0.39 is 0 Å². The van der Waals surface area contributed by atoms with Gasteiger partial charge in [-0.2, -0.15) is 4.98 Å². The van der Waals surface area contributed by atoms with E-state index in [2.05, 4.69) is 33.3 Å². The largest absolute Gasteiger partial charge is 0.369 e. The fourth-order valence-corrected chi connectivity index (χ4v) is 3.36. The molecule has 0 amide bonds. The molecule has 3 rings (SSSR count). The van der Waals surface area contributed by atoms with Gasteiger partial charge in [0.05, 0.1) is 10.4 Å². The van der Waals surface area contributed by atoms with Gasteiger partial charge < -0.3 is 11.1 Å². The standard InChI is InChI=1S/C12H13N5S2/c1-7-6-8-10(16-12(13)17-11(8)19-7)15-3-2-9-14-4-5-18-9/h4-6H,2-3H2,1H3,(H3,13,15,16,17). The minimum atomic E-state index is 0.311. The smallest absolute Gasteiger partial charge is 0.223 e. The number of hydrogen-bond donors (Lipinski definition) is 2. The highest BCUT2D eigenvalue weighted by Gasteiger charge is 2.09. The van der Waals surface area contributed by atoms with E-state index in [1.165, 1.54) is 4.88 Å². The highest BCUT2D eigenvalue weighted by Crippen LogP contribution is 2.28. The Labute approximate surface area is 118 Å². The normalized spacial score (nSPS) is 11.0. The first kappa shape index (κ1) is 12.3. The molecule has 0 aliphatic rings. The first-order valence-electron chi connectivity index (χ1n) is 5.88. The Morgan fingerprint density at radius 2 is 2.26 bits per heavy atom. The zero-order valence-electron chi connectivity index (χ0n) is 10.4. The van der Waals surface area contributed by atoms with Crippen LogP contribution in [0.4, 0.5) is 11.8 Å². The van der Waals surface area contributed by atoms with Gasteiger partial charge in [0.2, 0.25) is 5.95 Å². The van der Waals surface area contributed by atoms with E-state index in [0.29, 0.717) is 5.95 Å². The second kappa shape index (κ2) is 5.10. The van der Waals surface area contributed by atoms with Gasteiger partial charge in [-0.1, -0.05) is 0 Å². The topological polar surface area (TPSA) is 76.7 Å². The van der Waals surface area contributed by atoms with E-state index in [4.69, 9.17) is 5.73 Å². The van der Waals surface area contributed by atoms with Crippen LogP contribution in [0.15, 0.2) is 17.6 Å². The first-order chi connectivity index (χ1) is 9.22. The SMILES string of the molecule is Cc1cc2c(NCCc3nccs3)nc(N)nc2s1. The number of fused-ring (bicyclic) bond motifs is 1. The molecule has 0 saturated heterocycles. The first-order valence-corrected chi connectivity index (χ1v) is 7.58. The maximum atomic E-state index is 5.73. The van der Waals surface area contributed by atoms with Crippen molar-refractivity contribution in [2.75, 3.05) is 17.6 Å². The molecule has 0 aromatic carbocycles. The van der Waals surface area contributed by atoms with Gasteiger partial charge in [0.15, 0.2) is 0 Å². The van der Waals surface area contributed by atoms with Gasteiger partial charge in [-0.3, -0.25) is 0 Å². The molecule has 0 atom stereocenters. The lowest BCUT2D eigenvalue weighted by atomic mass is 10.3. The molecule has 0 bridgehead atoms. The molecule has 0 fully saturated rings. The number of hydrogen-bond acceptors (Lipinski definition) is 7. The second-order valence-corrected chi connectivity index (χ2v) is 6.32. The van der Waals surface area contributed by atoms with Crippen LogP contribution in [-0.2, 0) is 6.42 Å². The lowest BCUT2D eigenvalue weighted by molar-refractivity contribution is 0.989. The summed E-state index contributed by atoms with van der Waals surface area (Å²) in [4.78, 5) is 14.9. The van der Waals surface area contributed by atoms with Gasteiger partial charge in [0.25, 0.3) is 0 Å². The van der Waals surface area contributed by atoms with E-state index >= 15 is 0 Å². The minimum Gasteiger partial charge on any atom is -0.369 e. The quantitative estimate of drug-likeness (QED) is 0.773. The number of nitrogens with zero attached hydrogens (tertiary/aromatic N) is 3. The number of aryl methyl sites for hydroxylation is 1. The number of aromatic nitrogens is 3. The molecule has 0 aliphatic carbocycles. The van der Waals surface area contributed by atoms with Crippen LogP contribution >= 0.6 is 22.7 Å². The Hall–Kier alpha value is -1.73. The van der Waals surface area contributed by atoms with Crippen molar-refractivity contribution in [1.82, 2.24) is 15.0 Å². The van der Waals surface area contributed by atoms with Crippen LogP contribution in [-0.4, -0.2) is 21.5 Å². The maximum absolute atomic E-state index is 5.73. The number of rotatable bonds is 4. The number of thiophene rings is 1. The summed E-state index contributed by atoms with van der Waals surface area (Å²) in [6, 6.07) is 2.09. The monoisotopic (exact) mass is 291 g/mol. The maximum Gasteiger partial charge on any atom is 0.223 e. The third kappa shape index (κ3) is 2.66. The minimum absolute atomic E-state index is 0.311. The molecule has 7 heteroatoms. The number of nitrogen functional groups attached to an aromatic ring is 1. The molecule has 3 N–H and O–H groups in total. The fourth-order valence-electron chi connectivity index (χ4n) is 1.86. The summed E-state index contributed by atoms with van der Waals surface area (Å²) in [6.07, 6.45) is 2.70. The van der Waals surface area contributed by atoms with E-state index in [-0.39, 0.29) is 0 Å². The van der Waals surface area contributed by atoms with Crippen LogP contribution in [0.5, 0.6) is 0 Å². The molecule has 0 aliphatic heterocycles. The van der Waals surface area contributed by atoms with Crippen LogP contribution in [0.2, 0.25) is 0 Å². The third-order valence-corrected chi connectivity index (χ3v) is 4.43. The molecule has 3 aromatic rings. The third-order valence-electron chi connectivity index (χ3n) is 2.65. The summed E-state index contributed by atoms with van der Waals surface area (Å²) in [6.45, 7) is 2.84. The van der Waals surface area contributed by atoms with Gasteiger partial charge in [-0.05, 0) is 13.0 Å². The Morgan fingerprint density at radius 1 is 1.37 bits per heavy atom. The fraction of sp³-hybridized carbons (Fsp3) is 0.250. The summed E-state index contributed by atoms with van der Waals surface area (Å²) in [5.41, 5.74) is 5.73. The van der Waals surface area contributed by atoms with E-state index in [9.17, 15) is 0 Å². The van der Waals surface area contributed by atoms with Gasteiger partial charge in [-0.15, -0.1) is 22.7 Å². The van der Waals surface area contributed by atoms with E-state index in [0.717, 1.165) is 34.0 Å². The molecular weight excluding hydrogens is 278 g/mol. The van der Waals surface area contributed by atoms with Crippen molar-refractivity contribution in [3.8, 4) is 0 Å². The predicted molar refractivity (Wildman–Crippen MR) is 80.9 cm³/mol. The van der Waals surface area contributed by atoms with E-state index in [1.54, 1.807) is 22.7 Å². The molecule has 0 radical (unpaired) electrons. The summed E-state index contributed by atoms with van der Waals surface area (Å²) < 4.78 is 0. The molecule has 19 heavy (non-hydrogen) atoms. The number of nitrogens with two attached hydrogens (primary N) is 1. The van der Waals surface area contributed by atoms with Crippen molar-refractivity contribution in [3.05, 3.63) is 27.5 Å². The predicted octanol–water partition coefficient (Wildman–Crippen LogP) is 2.69. The summed E-state index contributed by atoms with van der Waals surface area (Å²) >= 11 is 3.29. The lowest BCUT2D eigenvalue weighted by Gasteiger charge is -2.06. The van der Waals surface area contributed by atoms with Gasteiger partial charge in [-0.25, -0.2) is 9.97 Å². The van der Waals surface area contributed by atoms with Crippen molar-refractivity contribution in [3.63, 3.8) is 0 Å². The summed E-state index contributed by atoms with van der Waals surface area (Å²) in [7, 11) is 0. The summed E-state index contributed by atoms with van der Waals surface area (Å²) in [5, 5.41) is 7.46. The van der Waals surface area contributed by atoms with Gasteiger partial charge >= 0.3 is 0 Å². The van der Waals surface area contributed by atoms with Crippen molar-refractivity contribution in [2.24, 2.45) is 0 Å². The van der Waals surface area contributed by atoms with Gasteiger partial charge in [0.1, 0.15) is 10.6 Å². The van der Waals surface area contributed by atoms with Crippen LogP contribution in [0.25, 0.3) is 10.2 Å². The van der Waals surface area contributed by atoms with Crippen LogP contribution in [0.3, 0.4) is 0 Å². The Morgan fingerprint density at radius 3 is 3.05 bits per heavy atom. The average Bonchev–Trinajstić information content (AvgIpc) is 2.97.